The maximum Gasteiger partial charge on any atom is 0.0679 e. The molecule has 0 saturated heterocycles. The van der Waals surface area contributed by atoms with E-state index in [1.165, 1.54) is 0 Å². The summed E-state index contributed by atoms with van der Waals surface area (Å²) in [6, 6.07) is 0. The molecular weight excluding hydrogens is 162 g/mol. The highest BCUT2D eigenvalue weighted by Crippen LogP contribution is 2.31. The Kier molecular flexibility index (Phi) is 3.37. The second-order valence-corrected chi connectivity index (χ2v) is 4.27. The van der Waals surface area contributed by atoms with Gasteiger partial charge in [-0.05, 0) is 18.3 Å². The predicted octanol–water partition coefficient (Wildman–Crippen LogP) is 2.16. The minimum atomic E-state index is 0.272. The van der Waals surface area contributed by atoms with Crippen molar-refractivity contribution in [2.75, 3.05) is 7.11 Å². The maximum atomic E-state index is 5.95. The summed E-state index contributed by atoms with van der Waals surface area (Å²) in [6.07, 6.45) is 3.51. The average Bonchev–Trinajstić information content (AvgIpc) is 2.20. The molecule has 1 aliphatic rings. The van der Waals surface area contributed by atoms with Crippen molar-refractivity contribution in [3.05, 3.63) is 11.8 Å². The fourth-order valence-electron chi connectivity index (χ4n) is 2.11. The molecule has 2 heteroatoms. The summed E-state index contributed by atoms with van der Waals surface area (Å²) in [5, 5.41) is 0. The molecule has 2 N–H and O–H groups in total. The van der Waals surface area contributed by atoms with Crippen LogP contribution in [0.2, 0.25) is 0 Å². The standard InChI is InChI=1S/C11H21NO/c1-7-5-6-10(12)9(3)11(13-4)8(7)2/h6-9,11H,5,12H2,1-4H3/t7-,8-,9+,11-/m0/s1. The zero-order valence-corrected chi connectivity index (χ0v) is 9.08. The summed E-state index contributed by atoms with van der Waals surface area (Å²) in [4.78, 5) is 0. The van der Waals surface area contributed by atoms with Gasteiger partial charge >= 0.3 is 0 Å². The molecule has 1 rings (SSSR count). The second kappa shape index (κ2) is 4.14. The molecule has 0 aromatic carbocycles. The van der Waals surface area contributed by atoms with E-state index in [0.29, 0.717) is 17.8 Å². The number of hydrogen-bond donors (Lipinski definition) is 1. The van der Waals surface area contributed by atoms with E-state index in [1.807, 2.05) is 0 Å². The molecule has 4 atom stereocenters. The van der Waals surface area contributed by atoms with E-state index in [-0.39, 0.29) is 6.10 Å². The van der Waals surface area contributed by atoms with Gasteiger partial charge in [-0.2, -0.15) is 0 Å². The van der Waals surface area contributed by atoms with Gasteiger partial charge < -0.3 is 10.5 Å². The van der Waals surface area contributed by atoms with E-state index in [4.69, 9.17) is 10.5 Å². The van der Waals surface area contributed by atoms with E-state index in [2.05, 4.69) is 26.8 Å². The molecule has 13 heavy (non-hydrogen) atoms. The monoisotopic (exact) mass is 183 g/mol. The van der Waals surface area contributed by atoms with Gasteiger partial charge in [0.1, 0.15) is 0 Å². The van der Waals surface area contributed by atoms with Crippen LogP contribution < -0.4 is 5.73 Å². The van der Waals surface area contributed by atoms with E-state index >= 15 is 0 Å². The Bertz CT molecular complexity index is 200. The first-order chi connectivity index (χ1) is 6.07. The van der Waals surface area contributed by atoms with E-state index in [1.54, 1.807) is 7.11 Å². The third kappa shape index (κ3) is 2.05. The van der Waals surface area contributed by atoms with Crippen LogP contribution in [0.3, 0.4) is 0 Å². The first kappa shape index (κ1) is 10.6. The smallest absolute Gasteiger partial charge is 0.0679 e. The lowest BCUT2D eigenvalue weighted by atomic mass is 9.85. The van der Waals surface area contributed by atoms with Gasteiger partial charge in [-0.1, -0.05) is 26.8 Å². The van der Waals surface area contributed by atoms with Crippen LogP contribution in [-0.2, 0) is 4.74 Å². The summed E-state index contributed by atoms with van der Waals surface area (Å²) < 4.78 is 5.52. The number of methoxy groups -OCH3 is 1. The fraction of sp³-hybridized carbons (Fsp3) is 0.818. The molecule has 76 valence electrons. The van der Waals surface area contributed by atoms with Crippen LogP contribution in [0, 0.1) is 17.8 Å². The Hall–Kier alpha value is -0.500. The minimum Gasteiger partial charge on any atom is -0.402 e. The molecule has 2 nitrogen and oxygen atoms in total. The van der Waals surface area contributed by atoms with Gasteiger partial charge in [0.15, 0.2) is 0 Å². The van der Waals surface area contributed by atoms with E-state index < -0.39 is 0 Å². The number of rotatable bonds is 1. The molecule has 0 bridgehead atoms. The zero-order chi connectivity index (χ0) is 10.0. The Morgan fingerprint density at radius 1 is 1.38 bits per heavy atom. The molecule has 0 saturated carbocycles. The summed E-state index contributed by atoms with van der Waals surface area (Å²) in [7, 11) is 1.78. The van der Waals surface area contributed by atoms with Crippen LogP contribution in [0.5, 0.6) is 0 Å². The molecule has 1 aliphatic carbocycles. The Morgan fingerprint density at radius 3 is 2.54 bits per heavy atom. The van der Waals surface area contributed by atoms with Gasteiger partial charge in [-0.3, -0.25) is 0 Å². The molecule has 0 aromatic heterocycles. The largest absolute Gasteiger partial charge is 0.402 e. The quantitative estimate of drug-likeness (QED) is 0.676. The summed E-state index contributed by atoms with van der Waals surface area (Å²) in [6.45, 7) is 6.66. The lowest BCUT2D eigenvalue weighted by molar-refractivity contribution is 0.0134. The first-order valence-corrected chi connectivity index (χ1v) is 5.06. The third-order valence-corrected chi connectivity index (χ3v) is 3.43. The molecule has 0 aromatic rings. The van der Waals surface area contributed by atoms with Crippen molar-refractivity contribution >= 4 is 0 Å². The van der Waals surface area contributed by atoms with Gasteiger partial charge in [0.25, 0.3) is 0 Å². The normalized spacial score (nSPS) is 41.1. The Balaban J connectivity index is 2.84. The number of allylic oxidation sites excluding steroid dienone is 1. The zero-order valence-electron chi connectivity index (χ0n) is 9.08. The number of hydrogen-bond acceptors (Lipinski definition) is 2. The fourth-order valence-corrected chi connectivity index (χ4v) is 2.11. The molecule has 0 unspecified atom stereocenters. The van der Waals surface area contributed by atoms with Gasteiger partial charge in [-0.15, -0.1) is 0 Å². The van der Waals surface area contributed by atoms with Crippen molar-refractivity contribution in [2.45, 2.75) is 33.3 Å². The van der Waals surface area contributed by atoms with Crippen molar-refractivity contribution in [1.82, 2.24) is 0 Å². The van der Waals surface area contributed by atoms with Crippen LogP contribution in [0.1, 0.15) is 27.2 Å². The minimum absolute atomic E-state index is 0.272. The van der Waals surface area contributed by atoms with Gasteiger partial charge in [0.05, 0.1) is 6.10 Å². The predicted molar refractivity (Wildman–Crippen MR) is 55.2 cm³/mol. The number of ether oxygens (including phenoxy) is 1. The third-order valence-electron chi connectivity index (χ3n) is 3.43. The molecule has 0 heterocycles. The maximum absolute atomic E-state index is 5.95. The van der Waals surface area contributed by atoms with Gasteiger partial charge in [0, 0.05) is 18.7 Å². The lowest BCUT2D eigenvalue weighted by Gasteiger charge is -2.29. The van der Waals surface area contributed by atoms with Crippen molar-refractivity contribution in [3.63, 3.8) is 0 Å². The highest BCUT2D eigenvalue weighted by molar-refractivity contribution is 5.07. The van der Waals surface area contributed by atoms with Crippen molar-refractivity contribution < 1.29 is 4.74 Å². The lowest BCUT2D eigenvalue weighted by Crippen LogP contribution is -2.32. The topological polar surface area (TPSA) is 35.2 Å². The van der Waals surface area contributed by atoms with E-state index in [9.17, 15) is 0 Å². The van der Waals surface area contributed by atoms with Crippen LogP contribution in [0.4, 0.5) is 0 Å². The molecule has 0 spiro atoms. The second-order valence-electron chi connectivity index (χ2n) is 4.27. The van der Waals surface area contributed by atoms with Crippen LogP contribution in [0.25, 0.3) is 0 Å². The molecule has 0 amide bonds. The molecule has 0 fully saturated rings. The SMILES string of the molecule is CO[C@H]1[C@@H](C)[C@@H](C)CC=C(N)[C@H]1C. The van der Waals surface area contributed by atoms with Crippen molar-refractivity contribution in [3.8, 4) is 0 Å². The average molecular weight is 183 g/mol. The summed E-state index contributed by atoms with van der Waals surface area (Å²) in [5.41, 5.74) is 6.94. The molecule has 0 aliphatic heterocycles. The van der Waals surface area contributed by atoms with Crippen molar-refractivity contribution in [1.29, 1.82) is 0 Å². The number of nitrogens with two attached hydrogens (primary N) is 1. The Morgan fingerprint density at radius 2 is 2.00 bits per heavy atom. The van der Waals surface area contributed by atoms with E-state index in [0.717, 1.165) is 12.1 Å². The summed E-state index contributed by atoms with van der Waals surface area (Å²) in [5.74, 6) is 1.59. The Labute approximate surface area is 81.1 Å². The van der Waals surface area contributed by atoms with Gasteiger partial charge in [-0.25, -0.2) is 0 Å². The summed E-state index contributed by atoms with van der Waals surface area (Å²) >= 11 is 0. The van der Waals surface area contributed by atoms with Crippen LogP contribution >= 0.6 is 0 Å². The first-order valence-electron chi connectivity index (χ1n) is 5.06. The van der Waals surface area contributed by atoms with Crippen LogP contribution in [-0.4, -0.2) is 13.2 Å². The highest BCUT2D eigenvalue weighted by atomic mass is 16.5. The van der Waals surface area contributed by atoms with Gasteiger partial charge in [0.2, 0.25) is 0 Å². The highest BCUT2D eigenvalue weighted by Gasteiger charge is 2.30. The molecule has 0 radical (unpaired) electrons. The molecular formula is C11H21NO. The van der Waals surface area contributed by atoms with Crippen LogP contribution in [0.15, 0.2) is 11.8 Å². The van der Waals surface area contributed by atoms with Crippen molar-refractivity contribution in [2.24, 2.45) is 23.5 Å².